The average molecular weight is 524 g/mol. The van der Waals surface area contributed by atoms with Gasteiger partial charge in [-0.25, -0.2) is 4.79 Å². The Labute approximate surface area is 218 Å². The molecule has 0 radical (unpaired) electrons. The van der Waals surface area contributed by atoms with Crippen molar-refractivity contribution in [1.82, 2.24) is 10.3 Å². The Kier molecular flexibility index (Phi) is 7.55. The van der Waals surface area contributed by atoms with Crippen LogP contribution in [0.5, 0.6) is 0 Å². The monoisotopic (exact) mass is 523 g/mol. The third-order valence-corrected chi connectivity index (χ3v) is 6.51. The quantitative estimate of drug-likeness (QED) is 0.272. The van der Waals surface area contributed by atoms with Crippen molar-refractivity contribution in [1.29, 1.82) is 0 Å². The number of alkyl halides is 3. The molecule has 1 unspecified atom stereocenters. The maximum Gasteiger partial charge on any atom is 0.416 e. The highest BCUT2D eigenvalue weighted by Gasteiger charge is 2.40. The lowest BCUT2D eigenvalue weighted by Crippen LogP contribution is -2.50. The maximum atomic E-state index is 13.7. The number of hydrogen-bond acceptors (Lipinski definition) is 2. The molecule has 3 aromatic carbocycles. The number of amides is 2. The average Bonchev–Trinajstić information content (AvgIpc) is 2.86. The van der Waals surface area contributed by atoms with Crippen LogP contribution in [-0.4, -0.2) is 11.0 Å². The molecule has 8 heteroatoms. The summed E-state index contributed by atoms with van der Waals surface area (Å²) in [4.78, 5) is 18.0. The Morgan fingerprint density at radius 2 is 1.62 bits per heavy atom. The molecule has 0 fully saturated rings. The molecule has 1 atom stereocenters. The second-order valence-electron chi connectivity index (χ2n) is 8.91. The van der Waals surface area contributed by atoms with E-state index < -0.39 is 23.3 Å². The standard InChI is InChI=1S/C29H25ClF3N3O/c1-19-11-14-26(34-18-19)28(17-21-7-4-3-5-8-21,22-9-6-10-23(15-22)29(31,32)33)36-27(37)35-24-13-12-20(2)25(30)16-24/h3-16,18H,17H2,1-2H3,(H2,35,36,37). The van der Waals surface area contributed by atoms with Crippen LogP contribution in [0.2, 0.25) is 5.02 Å². The van der Waals surface area contributed by atoms with Gasteiger partial charge < -0.3 is 10.6 Å². The Morgan fingerprint density at radius 3 is 2.27 bits per heavy atom. The molecule has 0 saturated heterocycles. The number of hydrogen-bond donors (Lipinski definition) is 2. The molecule has 4 rings (SSSR count). The molecule has 37 heavy (non-hydrogen) atoms. The number of aromatic nitrogens is 1. The summed E-state index contributed by atoms with van der Waals surface area (Å²) in [6.07, 6.45) is -2.77. The minimum Gasteiger partial charge on any atom is -0.322 e. The number of carbonyl (C=O) groups excluding carboxylic acids is 1. The zero-order chi connectivity index (χ0) is 26.6. The number of aryl methyl sites for hydroxylation is 2. The summed E-state index contributed by atoms with van der Waals surface area (Å²) in [5.74, 6) is 0. The Balaban J connectivity index is 1.86. The van der Waals surface area contributed by atoms with Gasteiger partial charge in [-0.2, -0.15) is 13.2 Å². The van der Waals surface area contributed by atoms with Crippen molar-refractivity contribution >= 4 is 23.3 Å². The van der Waals surface area contributed by atoms with Crippen LogP contribution in [0, 0.1) is 13.8 Å². The zero-order valence-electron chi connectivity index (χ0n) is 20.2. The molecule has 1 heterocycles. The fourth-order valence-electron chi connectivity index (χ4n) is 4.13. The van der Waals surface area contributed by atoms with Gasteiger partial charge in [0.1, 0.15) is 5.54 Å². The van der Waals surface area contributed by atoms with Gasteiger partial charge in [0.2, 0.25) is 0 Å². The molecular formula is C29H25ClF3N3O. The molecule has 0 aliphatic carbocycles. The summed E-state index contributed by atoms with van der Waals surface area (Å²) in [6.45, 7) is 3.70. The van der Waals surface area contributed by atoms with Crippen LogP contribution in [0.3, 0.4) is 0 Å². The maximum absolute atomic E-state index is 13.7. The predicted molar refractivity (Wildman–Crippen MR) is 140 cm³/mol. The molecule has 0 spiro atoms. The summed E-state index contributed by atoms with van der Waals surface area (Å²) in [5, 5.41) is 6.21. The van der Waals surface area contributed by atoms with E-state index in [0.29, 0.717) is 16.4 Å². The van der Waals surface area contributed by atoms with E-state index >= 15 is 0 Å². The summed E-state index contributed by atoms with van der Waals surface area (Å²) >= 11 is 6.22. The van der Waals surface area contributed by atoms with E-state index in [1.807, 2.05) is 50.2 Å². The Bertz CT molecular complexity index is 1390. The van der Waals surface area contributed by atoms with Gasteiger partial charge in [-0.15, -0.1) is 0 Å². The molecule has 2 amide bonds. The molecule has 0 saturated carbocycles. The molecule has 0 aliphatic rings. The molecule has 190 valence electrons. The molecule has 0 aliphatic heterocycles. The van der Waals surface area contributed by atoms with Crippen molar-refractivity contribution in [3.05, 3.63) is 130 Å². The van der Waals surface area contributed by atoms with Gasteiger partial charge in [0.05, 0.1) is 11.3 Å². The van der Waals surface area contributed by atoms with Crippen molar-refractivity contribution < 1.29 is 18.0 Å². The van der Waals surface area contributed by atoms with Crippen molar-refractivity contribution in [3.63, 3.8) is 0 Å². The van der Waals surface area contributed by atoms with E-state index in [1.165, 1.54) is 6.07 Å². The number of benzene rings is 3. The molecule has 1 aromatic heterocycles. The van der Waals surface area contributed by atoms with Crippen LogP contribution < -0.4 is 10.6 Å². The van der Waals surface area contributed by atoms with Gasteiger partial charge in [-0.1, -0.05) is 66.2 Å². The lowest BCUT2D eigenvalue weighted by atomic mass is 9.80. The van der Waals surface area contributed by atoms with Crippen molar-refractivity contribution in [2.45, 2.75) is 32.0 Å². The summed E-state index contributed by atoms with van der Waals surface area (Å²) in [5.41, 5.74) is 1.39. The molecule has 4 aromatic rings. The SMILES string of the molecule is Cc1ccc(C(Cc2ccccc2)(NC(=O)Nc2ccc(C)c(Cl)c2)c2cccc(C(F)(F)F)c2)nc1. The third kappa shape index (κ3) is 6.12. The molecular weight excluding hydrogens is 499 g/mol. The van der Waals surface area contributed by atoms with E-state index in [4.69, 9.17) is 11.6 Å². The van der Waals surface area contributed by atoms with Crippen LogP contribution in [0.4, 0.5) is 23.7 Å². The number of anilines is 1. The van der Waals surface area contributed by atoms with Crippen molar-refractivity contribution in [2.24, 2.45) is 0 Å². The molecule has 2 N–H and O–H groups in total. The van der Waals surface area contributed by atoms with Gasteiger partial charge in [-0.05, 0) is 66.4 Å². The lowest BCUT2D eigenvalue weighted by molar-refractivity contribution is -0.137. The fourth-order valence-corrected chi connectivity index (χ4v) is 4.31. The van der Waals surface area contributed by atoms with E-state index in [9.17, 15) is 18.0 Å². The largest absolute Gasteiger partial charge is 0.416 e. The molecule has 4 nitrogen and oxygen atoms in total. The zero-order valence-corrected chi connectivity index (χ0v) is 21.0. The predicted octanol–water partition coefficient (Wildman–Crippen LogP) is 7.68. The van der Waals surface area contributed by atoms with Gasteiger partial charge in [0.25, 0.3) is 0 Å². The van der Waals surface area contributed by atoms with E-state index in [1.54, 1.807) is 36.5 Å². The highest BCUT2D eigenvalue weighted by molar-refractivity contribution is 6.31. The van der Waals surface area contributed by atoms with E-state index in [0.717, 1.165) is 28.8 Å². The minimum atomic E-state index is -4.56. The first-order valence-electron chi connectivity index (χ1n) is 11.6. The van der Waals surface area contributed by atoms with Gasteiger partial charge in [0.15, 0.2) is 0 Å². The Hall–Kier alpha value is -3.84. The van der Waals surface area contributed by atoms with E-state index in [-0.39, 0.29) is 12.0 Å². The fraction of sp³-hybridized carbons (Fsp3) is 0.172. The first-order valence-corrected chi connectivity index (χ1v) is 11.9. The second-order valence-corrected chi connectivity index (χ2v) is 9.32. The number of urea groups is 1. The third-order valence-electron chi connectivity index (χ3n) is 6.10. The van der Waals surface area contributed by atoms with Gasteiger partial charge in [0, 0.05) is 23.3 Å². The van der Waals surface area contributed by atoms with Crippen LogP contribution in [0.1, 0.15) is 33.5 Å². The number of pyridine rings is 1. The number of carbonyl (C=O) groups is 1. The smallest absolute Gasteiger partial charge is 0.322 e. The number of rotatable bonds is 6. The normalized spacial score (nSPS) is 13.0. The van der Waals surface area contributed by atoms with Crippen LogP contribution in [0.15, 0.2) is 91.1 Å². The Morgan fingerprint density at radius 1 is 0.892 bits per heavy atom. The second kappa shape index (κ2) is 10.6. The molecule has 0 bridgehead atoms. The first-order chi connectivity index (χ1) is 17.6. The van der Waals surface area contributed by atoms with Crippen molar-refractivity contribution in [3.8, 4) is 0 Å². The minimum absolute atomic E-state index is 0.160. The highest BCUT2D eigenvalue weighted by Crippen LogP contribution is 2.37. The number of halogens is 4. The van der Waals surface area contributed by atoms with E-state index in [2.05, 4.69) is 15.6 Å². The number of nitrogens with one attached hydrogen (secondary N) is 2. The van der Waals surface area contributed by atoms with Crippen LogP contribution in [0.25, 0.3) is 0 Å². The van der Waals surface area contributed by atoms with Crippen molar-refractivity contribution in [2.75, 3.05) is 5.32 Å². The van der Waals surface area contributed by atoms with Gasteiger partial charge >= 0.3 is 12.2 Å². The highest BCUT2D eigenvalue weighted by atomic mass is 35.5. The first kappa shape index (κ1) is 26.2. The lowest BCUT2D eigenvalue weighted by Gasteiger charge is -2.36. The summed E-state index contributed by atoms with van der Waals surface area (Å²) < 4.78 is 41.2. The van der Waals surface area contributed by atoms with Crippen LogP contribution in [-0.2, 0) is 18.1 Å². The summed E-state index contributed by atoms with van der Waals surface area (Å²) in [7, 11) is 0. The number of nitrogens with zero attached hydrogens (tertiary/aromatic N) is 1. The topological polar surface area (TPSA) is 54.0 Å². The summed E-state index contributed by atoms with van der Waals surface area (Å²) in [6, 6.07) is 22.2. The van der Waals surface area contributed by atoms with Gasteiger partial charge in [-0.3, -0.25) is 4.98 Å². The van der Waals surface area contributed by atoms with Crippen LogP contribution >= 0.6 is 11.6 Å².